The van der Waals surface area contributed by atoms with Crippen molar-refractivity contribution in [3.05, 3.63) is 24.3 Å². The molecule has 170 valence electrons. The lowest BCUT2D eigenvalue weighted by Gasteiger charge is -2.04. The fourth-order valence-corrected chi connectivity index (χ4v) is 2.76. The summed E-state index contributed by atoms with van der Waals surface area (Å²) in [4.78, 5) is 21.3. The van der Waals surface area contributed by atoms with Gasteiger partial charge in [0.15, 0.2) is 0 Å². The normalized spacial score (nSPS) is 9.93. The van der Waals surface area contributed by atoms with Crippen molar-refractivity contribution in [2.45, 2.75) is 111 Å². The highest BCUT2D eigenvalue weighted by atomic mass is 16.5. The van der Waals surface area contributed by atoms with Crippen molar-refractivity contribution in [1.82, 2.24) is 0 Å². The highest BCUT2D eigenvalue weighted by Gasteiger charge is 2.01. The van der Waals surface area contributed by atoms with E-state index in [0.29, 0.717) is 17.8 Å². The van der Waals surface area contributed by atoms with Crippen molar-refractivity contribution in [3.8, 4) is 0 Å². The zero-order valence-corrected chi connectivity index (χ0v) is 19.7. The van der Waals surface area contributed by atoms with Gasteiger partial charge in [-0.2, -0.15) is 0 Å². The molecule has 29 heavy (non-hydrogen) atoms. The Bertz CT molecular complexity index is 440. The molecular formula is C25H46O4. The van der Waals surface area contributed by atoms with Gasteiger partial charge >= 0.3 is 11.9 Å². The Kier molecular flexibility index (Phi) is 23.2. The average molecular weight is 411 g/mol. The molecule has 0 aliphatic heterocycles. The molecule has 0 radical (unpaired) electrons. The molecule has 0 unspecified atom stereocenters. The van der Waals surface area contributed by atoms with Gasteiger partial charge in [0.1, 0.15) is 0 Å². The van der Waals surface area contributed by atoms with Crippen molar-refractivity contribution in [3.63, 3.8) is 0 Å². The zero-order chi connectivity index (χ0) is 22.3. The average Bonchev–Trinajstić information content (AvgIpc) is 2.70. The van der Waals surface area contributed by atoms with Crippen molar-refractivity contribution < 1.29 is 19.1 Å². The van der Waals surface area contributed by atoms with Crippen LogP contribution in [-0.4, -0.2) is 25.7 Å². The fourth-order valence-electron chi connectivity index (χ4n) is 2.76. The first-order valence-corrected chi connectivity index (χ1v) is 11.4. The lowest BCUT2D eigenvalue weighted by molar-refractivity contribution is -0.139. The van der Waals surface area contributed by atoms with E-state index >= 15 is 0 Å². The lowest BCUT2D eigenvalue weighted by atomic mass is 10.0. The van der Waals surface area contributed by atoms with Gasteiger partial charge in [0.05, 0.1) is 13.7 Å². The number of carbonyl (C=O) groups is 2. The summed E-state index contributed by atoms with van der Waals surface area (Å²) in [5.74, 6) is -0.602. The van der Waals surface area contributed by atoms with Gasteiger partial charge in [-0.15, -0.1) is 0 Å². The maximum absolute atomic E-state index is 11.2. The second-order valence-corrected chi connectivity index (χ2v) is 7.78. The molecule has 0 atom stereocenters. The maximum Gasteiger partial charge on any atom is 0.333 e. The first-order valence-electron chi connectivity index (χ1n) is 11.4. The maximum atomic E-state index is 11.2. The van der Waals surface area contributed by atoms with E-state index in [4.69, 9.17) is 4.74 Å². The molecule has 0 saturated carbocycles. The van der Waals surface area contributed by atoms with Crippen LogP contribution in [0.15, 0.2) is 24.3 Å². The molecule has 0 N–H and O–H groups in total. The van der Waals surface area contributed by atoms with Gasteiger partial charge in [0, 0.05) is 11.1 Å². The molecule has 0 spiro atoms. The topological polar surface area (TPSA) is 52.6 Å². The Morgan fingerprint density at radius 2 is 0.966 bits per heavy atom. The third-order valence-corrected chi connectivity index (χ3v) is 4.61. The van der Waals surface area contributed by atoms with Crippen LogP contribution < -0.4 is 0 Å². The Morgan fingerprint density at radius 1 is 0.621 bits per heavy atom. The van der Waals surface area contributed by atoms with Gasteiger partial charge < -0.3 is 9.47 Å². The van der Waals surface area contributed by atoms with E-state index in [-0.39, 0.29) is 11.9 Å². The molecule has 0 heterocycles. The van der Waals surface area contributed by atoms with Crippen LogP contribution in [0.3, 0.4) is 0 Å². The van der Waals surface area contributed by atoms with E-state index in [1.54, 1.807) is 13.8 Å². The third-order valence-electron chi connectivity index (χ3n) is 4.61. The van der Waals surface area contributed by atoms with Gasteiger partial charge in [-0.05, 0) is 20.3 Å². The van der Waals surface area contributed by atoms with E-state index < -0.39 is 0 Å². The first-order chi connectivity index (χ1) is 13.9. The minimum absolute atomic E-state index is 0.255. The number of ether oxygens (including phenoxy) is 2. The number of esters is 2. The highest BCUT2D eigenvalue weighted by molar-refractivity contribution is 5.87. The van der Waals surface area contributed by atoms with Gasteiger partial charge in [-0.1, -0.05) is 104 Å². The minimum Gasteiger partial charge on any atom is -0.466 e. The van der Waals surface area contributed by atoms with Crippen LogP contribution >= 0.6 is 0 Å². The minimum atomic E-state index is -0.347. The van der Waals surface area contributed by atoms with E-state index in [0.717, 1.165) is 6.42 Å². The summed E-state index contributed by atoms with van der Waals surface area (Å²) in [6.07, 6.45) is 18.8. The molecule has 0 aromatic rings. The molecule has 0 bridgehead atoms. The second-order valence-electron chi connectivity index (χ2n) is 7.78. The van der Waals surface area contributed by atoms with Crippen molar-refractivity contribution in [2.75, 3.05) is 13.7 Å². The predicted octanol–water partition coefficient (Wildman–Crippen LogP) is 7.32. The Labute approximate surface area is 180 Å². The molecule has 0 aliphatic rings. The monoisotopic (exact) mass is 410 g/mol. The summed E-state index contributed by atoms with van der Waals surface area (Å²) >= 11 is 0. The first kappa shape index (κ1) is 29.6. The Balaban J connectivity index is 0. The van der Waals surface area contributed by atoms with Gasteiger partial charge in [0.2, 0.25) is 0 Å². The number of rotatable bonds is 17. The third kappa shape index (κ3) is 24.4. The summed E-state index contributed by atoms with van der Waals surface area (Å²) in [5.41, 5.74) is 0.924. The fraction of sp³-hybridized carbons (Fsp3) is 0.760. The second kappa shape index (κ2) is 22.7. The molecule has 4 heteroatoms. The molecule has 0 aromatic carbocycles. The van der Waals surface area contributed by atoms with Gasteiger partial charge in [0.25, 0.3) is 0 Å². The van der Waals surface area contributed by atoms with Crippen LogP contribution in [0.25, 0.3) is 0 Å². The highest BCUT2D eigenvalue weighted by Crippen LogP contribution is 2.13. The van der Waals surface area contributed by atoms with Crippen LogP contribution in [0.1, 0.15) is 111 Å². The smallest absolute Gasteiger partial charge is 0.333 e. The van der Waals surface area contributed by atoms with Crippen molar-refractivity contribution in [2.24, 2.45) is 0 Å². The van der Waals surface area contributed by atoms with Crippen LogP contribution in [0.5, 0.6) is 0 Å². The molecule has 0 rings (SSSR count). The van der Waals surface area contributed by atoms with Crippen LogP contribution in [0.4, 0.5) is 0 Å². The quantitative estimate of drug-likeness (QED) is 0.143. The van der Waals surface area contributed by atoms with Crippen molar-refractivity contribution in [1.29, 1.82) is 0 Å². The molecule has 4 nitrogen and oxygen atoms in total. The number of hydrogen-bond donors (Lipinski definition) is 0. The SMILES string of the molecule is C=C(C)C(=O)OC.C=C(C)C(=O)OCCCCCCCCCCCCCCCC. The number of methoxy groups -OCH3 is 1. The Hall–Kier alpha value is -1.58. The molecular weight excluding hydrogens is 364 g/mol. The summed E-state index contributed by atoms with van der Waals surface area (Å²) in [6.45, 7) is 13.0. The standard InChI is InChI=1S/C20H38O2.C5H8O2/c1-4-5-6-7-8-9-10-11-12-13-14-15-16-17-18-22-20(21)19(2)3;1-4(2)5(6)7-3/h2,4-18H2,1,3H3;1H2,2-3H3. The van der Waals surface area contributed by atoms with Crippen LogP contribution in [0.2, 0.25) is 0 Å². The summed E-state index contributed by atoms with van der Waals surface area (Å²) in [5, 5.41) is 0. The number of carbonyl (C=O) groups excluding carboxylic acids is 2. The molecule has 0 amide bonds. The summed E-state index contributed by atoms with van der Waals surface area (Å²) < 4.78 is 9.35. The lowest BCUT2D eigenvalue weighted by Crippen LogP contribution is -2.05. The number of unbranched alkanes of at least 4 members (excludes halogenated alkanes) is 13. The van der Waals surface area contributed by atoms with E-state index in [1.807, 2.05) is 0 Å². The van der Waals surface area contributed by atoms with Crippen molar-refractivity contribution >= 4 is 11.9 Å². The number of hydrogen-bond acceptors (Lipinski definition) is 4. The largest absolute Gasteiger partial charge is 0.466 e. The van der Waals surface area contributed by atoms with Gasteiger partial charge in [-0.3, -0.25) is 0 Å². The Morgan fingerprint density at radius 3 is 1.24 bits per heavy atom. The zero-order valence-electron chi connectivity index (χ0n) is 19.7. The predicted molar refractivity (Wildman–Crippen MR) is 123 cm³/mol. The van der Waals surface area contributed by atoms with E-state index in [1.165, 1.54) is 90.6 Å². The van der Waals surface area contributed by atoms with Crippen LogP contribution in [0, 0.1) is 0 Å². The summed E-state index contributed by atoms with van der Waals surface area (Å²) in [6, 6.07) is 0. The molecule has 0 saturated heterocycles. The van der Waals surface area contributed by atoms with E-state index in [2.05, 4.69) is 24.8 Å². The van der Waals surface area contributed by atoms with Crippen LogP contribution in [-0.2, 0) is 19.1 Å². The molecule has 0 fully saturated rings. The van der Waals surface area contributed by atoms with Gasteiger partial charge in [-0.25, -0.2) is 9.59 Å². The van der Waals surface area contributed by atoms with E-state index in [9.17, 15) is 9.59 Å². The molecule has 0 aliphatic carbocycles. The summed E-state index contributed by atoms with van der Waals surface area (Å²) in [7, 11) is 1.33. The molecule has 0 aromatic heterocycles.